The SMILES string of the molecule is COC(=O)Cc1c(N)cc(OC)cc1[N+](=O)[O-]. The van der Waals surface area contributed by atoms with Gasteiger partial charge in [0.15, 0.2) is 0 Å². The molecule has 1 aromatic rings. The maximum atomic E-state index is 11.1. The van der Waals surface area contributed by atoms with Gasteiger partial charge in [0.1, 0.15) is 5.75 Å². The molecule has 0 unspecified atom stereocenters. The van der Waals surface area contributed by atoms with Crippen LogP contribution in [0.25, 0.3) is 0 Å². The van der Waals surface area contributed by atoms with Crippen molar-refractivity contribution >= 4 is 17.3 Å². The van der Waals surface area contributed by atoms with Gasteiger partial charge in [0.05, 0.1) is 37.2 Å². The van der Waals surface area contributed by atoms with E-state index in [9.17, 15) is 14.9 Å². The normalized spacial score (nSPS) is 9.76. The van der Waals surface area contributed by atoms with E-state index in [1.54, 1.807) is 0 Å². The summed E-state index contributed by atoms with van der Waals surface area (Å²) in [6, 6.07) is 2.64. The van der Waals surface area contributed by atoms with Crippen LogP contribution in [0.4, 0.5) is 11.4 Å². The number of esters is 1. The van der Waals surface area contributed by atoms with Crippen molar-refractivity contribution in [3.8, 4) is 5.75 Å². The molecule has 0 spiro atoms. The van der Waals surface area contributed by atoms with Crippen molar-refractivity contribution < 1.29 is 19.2 Å². The lowest BCUT2D eigenvalue weighted by Gasteiger charge is -2.08. The first-order chi connectivity index (χ1) is 7.99. The lowest BCUT2D eigenvalue weighted by molar-refractivity contribution is -0.385. The molecule has 92 valence electrons. The monoisotopic (exact) mass is 240 g/mol. The second kappa shape index (κ2) is 5.15. The number of hydrogen-bond donors (Lipinski definition) is 1. The third kappa shape index (κ3) is 2.83. The summed E-state index contributed by atoms with van der Waals surface area (Å²) in [5, 5.41) is 10.9. The van der Waals surface area contributed by atoms with Crippen LogP contribution in [-0.2, 0) is 16.0 Å². The summed E-state index contributed by atoms with van der Waals surface area (Å²) in [7, 11) is 2.58. The minimum absolute atomic E-state index is 0.126. The Labute approximate surface area is 97.3 Å². The summed E-state index contributed by atoms with van der Waals surface area (Å²) in [6.45, 7) is 0. The second-order valence-corrected chi connectivity index (χ2v) is 3.22. The zero-order valence-electron chi connectivity index (χ0n) is 9.43. The smallest absolute Gasteiger partial charge is 0.310 e. The van der Waals surface area contributed by atoms with Gasteiger partial charge in [0.2, 0.25) is 0 Å². The van der Waals surface area contributed by atoms with Crippen LogP contribution in [0.3, 0.4) is 0 Å². The predicted octanol–water partition coefficient (Wildman–Crippen LogP) is 0.901. The fraction of sp³-hybridized carbons (Fsp3) is 0.300. The van der Waals surface area contributed by atoms with Crippen molar-refractivity contribution in [3.63, 3.8) is 0 Å². The summed E-state index contributed by atoms with van der Waals surface area (Å²) in [5.74, 6) is -0.326. The van der Waals surface area contributed by atoms with Gasteiger partial charge in [0, 0.05) is 11.8 Å². The Morgan fingerprint density at radius 3 is 2.59 bits per heavy atom. The number of carbonyl (C=O) groups is 1. The molecule has 7 heteroatoms. The number of nitrogens with zero attached hydrogens (tertiary/aromatic N) is 1. The molecular weight excluding hydrogens is 228 g/mol. The van der Waals surface area contributed by atoms with Gasteiger partial charge < -0.3 is 15.2 Å². The number of ether oxygens (including phenoxy) is 2. The molecule has 0 aliphatic heterocycles. The van der Waals surface area contributed by atoms with Gasteiger partial charge in [-0.05, 0) is 0 Å². The Morgan fingerprint density at radius 2 is 2.12 bits per heavy atom. The van der Waals surface area contributed by atoms with Crippen molar-refractivity contribution in [3.05, 3.63) is 27.8 Å². The first-order valence-electron chi connectivity index (χ1n) is 4.67. The zero-order chi connectivity index (χ0) is 13.0. The topological polar surface area (TPSA) is 105 Å². The van der Waals surface area contributed by atoms with Gasteiger partial charge in [-0.25, -0.2) is 0 Å². The van der Waals surface area contributed by atoms with Gasteiger partial charge in [-0.1, -0.05) is 0 Å². The fourth-order valence-corrected chi connectivity index (χ4v) is 1.34. The van der Waals surface area contributed by atoms with Crippen molar-refractivity contribution in [1.29, 1.82) is 0 Å². The average molecular weight is 240 g/mol. The number of hydrogen-bond acceptors (Lipinski definition) is 6. The number of nitro groups is 1. The third-order valence-electron chi connectivity index (χ3n) is 2.22. The first-order valence-corrected chi connectivity index (χ1v) is 4.67. The third-order valence-corrected chi connectivity index (χ3v) is 2.22. The van der Waals surface area contributed by atoms with Crippen LogP contribution in [0, 0.1) is 10.1 Å². The fourth-order valence-electron chi connectivity index (χ4n) is 1.34. The lowest BCUT2D eigenvalue weighted by Crippen LogP contribution is -2.09. The second-order valence-electron chi connectivity index (χ2n) is 3.22. The number of carbonyl (C=O) groups excluding carboxylic acids is 1. The Morgan fingerprint density at radius 1 is 1.47 bits per heavy atom. The van der Waals surface area contributed by atoms with Crippen molar-refractivity contribution in [2.24, 2.45) is 0 Å². The van der Waals surface area contributed by atoms with Crippen LogP contribution in [0.15, 0.2) is 12.1 Å². The molecule has 17 heavy (non-hydrogen) atoms. The van der Waals surface area contributed by atoms with Crippen LogP contribution in [-0.4, -0.2) is 25.1 Å². The van der Waals surface area contributed by atoms with E-state index >= 15 is 0 Å². The number of benzene rings is 1. The lowest BCUT2D eigenvalue weighted by atomic mass is 10.1. The highest BCUT2D eigenvalue weighted by atomic mass is 16.6. The zero-order valence-corrected chi connectivity index (χ0v) is 9.43. The van der Waals surface area contributed by atoms with E-state index in [0.29, 0.717) is 0 Å². The highest BCUT2D eigenvalue weighted by Crippen LogP contribution is 2.30. The van der Waals surface area contributed by atoms with Gasteiger partial charge in [-0.3, -0.25) is 14.9 Å². The molecule has 0 aliphatic rings. The number of nitrogen functional groups attached to an aromatic ring is 1. The molecule has 1 aromatic carbocycles. The summed E-state index contributed by atoms with van der Waals surface area (Å²) in [6.07, 6.45) is -0.247. The quantitative estimate of drug-likeness (QED) is 0.363. The predicted molar refractivity (Wildman–Crippen MR) is 59.8 cm³/mol. The highest BCUT2D eigenvalue weighted by Gasteiger charge is 2.21. The van der Waals surface area contributed by atoms with E-state index in [2.05, 4.69) is 4.74 Å². The van der Waals surface area contributed by atoms with Crippen LogP contribution in [0.5, 0.6) is 5.75 Å². The Bertz CT molecular complexity index is 458. The van der Waals surface area contributed by atoms with E-state index in [-0.39, 0.29) is 29.1 Å². The van der Waals surface area contributed by atoms with Gasteiger partial charge in [0.25, 0.3) is 5.69 Å². The van der Waals surface area contributed by atoms with E-state index in [0.717, 1.165) is 0 Å². The van der Waals surface area contributed by atoms with Crippen molar-refractivity contribution in [2.45, 2.75) is 6.42 Å². The Hall–Kier alpha value is -2.31. The van der Waals surface area contributed by atoms with Gasteiger partial charge in [-0.2, -0.15) is 0 Å². The summed E-state index contributed by atoms with van der Waals surface area (Å²) in [4.78, 5) is 21.4. The number of nitro benzene ring substituents is 1. The number of nitrogens with two attached hydrogens (primary N) is 1. The van der Waals surface area contributed by atoms with Crippen LogP contribution >= 0.6 is 0 Å². The van der Waals surface area contributed by atoms with Crippen LogP contribution in [0.1, 0.15) is 5.56 Å². The molecule has 0 aliphatic carbocycles. The number of methoxy groups -OCH3 is 2. The molecule has 7 nitrogen and oxygen atoms in total. The molecule has 0 radical (unpaired) electrons. The Balaban J connectivity index is 3.26. The molecular formula is C10H12N2O5. The first kappa shape index (κ1) is 12.8. The molecule has 0 amide bonds. The largest absolute Gasteiger partial charge is 0.496 e. The number of rotatable bonds is 4. The summed E-state index contributed by atoms with van der Waals surface area (Å²) in [5.41, 5.74) is 5.64. The van der Waals surface area contributed by atoms with E-state index in [1.807, 2.05) is 0 Å². The van der Waals surface area contributed by atoms with Crippen LogP contribution < -0.4 is 10.5 Å². The average Bonchev–Trinajstić information content (AvgIpc) is 2.30. The molecule has 0 saturated heterocycles. The molecule has 0 atom stereocenters. The van der Waals surface area contributed by atoms with Gasteiger partial charge in [-0.15, -0.1) is 0 Å². The van der Waals surface area contributed by atoms with E-state index in [1.165, 1.54) is 26.4 Å². The summed E-state index contributed by atoms with van der Waals surface area (Å²) >= 11 is 0. The van der Waals surface area contributed by atoms with Crippen LogP contribution in [0.2, 0.25) is 0 Å². The summed E-state index contributed by atoms with van der Waals surface area (Å²) < 4.78 is 9.32. The van der Waals surface area contributed by atoms with Crippen molar-refractivity contribution in [2.75, 3.05) is 20.0 Å². The molecule has 0 saturated carbocycles. The van der Waals surface area contributed by atoms with Crippen molar-refractivity contribution in [1.82, 2.24) is 0 Å². The maximum absolute atomic E-state index is 11.1. The van der Waals surface area contributed by atoms with E-state index < -0.39 is 10.9 Å². The highest BCUT2D eigenvalue weighted by molar-refractivity contribution is 5.78. The maximum Gasteiger partial charge on any atom is 0.310 e. The molecule has 1 rings (SSSR count). The standard InChI is InChI=1S/C10H12N2O5/c1-16-6-3-8(11)7(5-10(13)17-2)9(4-6)12(14)15/h3-4H,5,11H2,1-2H3. The molecule has 0 fully saturated rings. The molecule has 0 bridgehead atoms. The van der Waals surface area contributed by atoms with E-state index in [4.69, 9.17) is 10.5 Å². The molecule has 0 aromatic heterocycles. The Kier molecular flexibility index (Phi) is 3.86. The molecule has 0 heterocycles. The minimum atomic E-state index is -0.614. The molecule has 2 N–H and O–H groups in total. The minimum Gasteiger partial charge on any atom is -0.496 e. The van der Waals surface area contributed by atoms with Gasteiger partial charge >= 0.3 is 5.97 Å². The number of anilines is 1.